The maximum Gasteiger partial charge on any atom is 0.373 e. The van der Waals surface area contributed by atoms with E-state index in [2.05, 4.69) is 20.8 Å². The molecule has 0 N–H and O–H groups in total. The quantitative estimate of drug-likeness (QED) is 0.251. The Kier molecular flexibility index (Phi) is 10.6. The smallest absolute Gasteiger partial charge is 0.289 e. The van der Waals surface area contributed by atoms with Crippen molar-refractivity contribution in [2.75, 3.05) is 0 Å². The van der Waals surface area contributed by atoms with Gasteiger partial charge in [-0.2, -0.15) is 0 Å². The number of aryl methyl sites for hydroxylation is 2. The van der Waals surface area contributed by atoms with Gasteiger partial charge in [-0.05, 0) is 68.0 Å². The van der Waals surface area contributed by atoms with Gasteiger partial charge in [0.1, 0.15) is 0 Å². The van der Waals surface area contributed by atoms with Crippen molar-refractivity contribution < 1.29 is 29.1 Å². The molecule has 0 unspecified atom stereocenters. The van der Waals surface area contributed by atoms with Gasteiger partial charge in [-0.25, -0.2) is 9.59 Å². The predicted octanol–water partition coefficient (Wildman–Crippen LogP) is 6.60. The van der Waals surface area contributed by atoms with Crippen molar-refractivity contribution >= 4 is 11.9 Å². The first-order valence-electron chi connectivity index (χ1n) is 11.4. The van der Waals surface area contributed by atoms with Crippen LogP contribution >= 0.6 is 0 Å². The van der Waals surface area contributed by atoms with Gasteiger partial charge in [0.15, 0.2) is 0 Å². The second-order valence-corrected chi connectivity index (χ2v) is 8.68. The molecule has 6 nitrogen and oxygen atoms in total. The van der Waals surface area contributed by atoms with Crippen molar-refractivity contribution in [2.24, 2.45) is 5.41 Å². The average molecular weight is 455 g/mol. The fourth-order valence-electron chi connectivity index (χ4n) is 2.86. The molecule has 2 aromatic rings. The van der Waals surface area contributed by atoms with Crippen molar-refractivity contribution in [3.05, 3.63) is 84.0 Å². The average Bonchev–Trinajstić information content (AvgIpc) is 2.80. The molecular weight excluding hydrogens is 420 g/mol. The summed E-state index contributed by atoms with van der Waals surface area (Å²) in [5.74, 6) is -1.40. The highest BCUT2D eigenvalue weighted by Gasteiger charge is 2.34. The number of hydrogen-bond acceptors (Lipinski definition) is 6. The largest absolute Gasteiger partial charge is 0.373 e. The van der Waals surface area contributed by atoms with E-state index >= 15 is 0 Å². The van der Waals surface area contributed by atoms with Crippen LogP contribution in [0.15, 0.2) is 48.5 Å². The van der Waals surface area contributed by atoms with Crippen LogP contribution in [-0.4, -0.2) is 11.9 Å². The van der Waals surface area contributed by atoms with Gasteiger partial charge in [0.25, 0.3) is 0 Å². The Morgan fingerprint density at radius 1 is 0.697 bits per heavy atom. The van der Waals surface area contributed by atoms with E-state index in [1.807, 2.05) is 24.3 Å². The molecule has 178 valence electrons. The van der Waals surface area contributed by atoms with Crippen LogP contribution in [0.25, 0.3) is 0 Å². The van der Waals surface area contributed by atoms with Crippen molar-refractivity contribution in [1.82, 2.24) is 0 Å². The highest BCUT2D eigenvalue weighted by Crippen LogP contribution is 2.30. The molecule has 0 atom stereocenters. The number of rotatable bonds is 13. The van der Waals surface area contributed by atoms with Gasteiger partial charge in [-0.15, -0.1) is 9.78 Å². The second-order valence-electron chi connectivity index (χ2n) is 8.68. The molecule has 0 aliphatic rings. The first-order chi connectivity index (χ1) is 15.7. The molecule has 0 fully saturated rings. The highest BCUT2D eigenvalue weighted by molar-refractivity contribution is 5.89. The molecule has 0 aromatic heterocycles. The molecule has 0 saturated carbocycles. The lowest BCUT2D eigenvalue weighted by atomic mass is 9.96. The molecule has 0 heterocycles. The number of carbonyl (C=O) groups excluding carboxylic acids is 2. The Hall–Kier alpha value is -2.70. The zero-order valence-corrected chi connectivity index (χ0v) is 20.0. The minimum atomic E-state index is -0.964. The normalized spacial score (nSPS) is 11.5. The van der Waals surface area contributed by atoms with Crippen LogP contribution in [0, 0.1) is 18.6 Å². The van der Waals surface area contributed by atoms with Gasteiger partial charge in [0.2, 0.25) is 0 Å². The van der Waals surface area contributed by atoms with Crippen molar-refractivity contribution in [3.63, 3.8) is 0 Å². The van der Waals surface area contributed by atoms with Crippen molar-refractivity contribution in [2.45, 2.75) is 66.2 Å². The summed E-state index contributed by atoms with van der Waals surface area (Å²) in [5, 5.41) is 0. The van der Waals surface area contributed by atoms with Gasteiger partial charge in [0, 0.05) is 5.41 Å². The van der Waals surface area contributed by atoms with Crippen LogP contribution in [-0.2, 0) is 32.4 Å². The number of carbonyl (C=O) groups is 2. The molecule has 0 saturated heterocycles. The Bertz CT molecular complexity index is 797. The first kappa shape index (κ1) is 26.6. The summed E-state index contributed by atoms with van der Waals surface area (Å²) in [7, 11) is 0. The number of benzene rings is 2. The molecule has 0 bridgehead atoms. The molecule has 0 amide bonds. The lowest BCUT2D eigenvalue weighted by molar-refractivity contribution is -0.378. The third-order valence-electron chi connectivity index (χ3n) is 4.96. The zero-order valence-electron chi connectivity index (χ0n) is 20.0. The predicted molar refractivity (Wildman–Crippen MR) is 125 cm³/mol. The highest BCUT2D eigenvalue weighted by atomic mass is 17.3. The van der Waals surface area contributed by atoms with Gasteiger partial charge in [-0.3, -0.25) is 9.78 Å². The summed E-state index contributed by atoms with van der Waals surface area (Å²) in [6, 6.07) is 14.2. The molecule has 2 radical (unpaired) electrons. The van der Waals surface area contributed by atoms with Crippen molar-refractivity contribution in [3.8, 4) is 0 Å². The van der Waals surface area contributed by atoms with E-state index in [1.165, 1.54) is 0 Å². The van der Waals surface area contributed by atoms with Crippen LogP contribution in [0.2, 0.25) is 0 Å². The third kappa shape index (κ3) is 8.98. The van der Waals surface area contributed by atoms with Gasteiger partial charge < -0.3 is 0 Å². The molecule has 0 spiro atoms. The van der Waals surface area contributed by atoms with E-state index in [4.69, 9.17) is 19.6 Å². The lowest BCUT2D eigenvalue weighted by Gasteiger charge is -2.24. The molecular formula is C27H34O6. The molecule has 33 heavy (non-hydrogen) atoms. The van der Waals surface area contributed by atoms with Gasteiger partial charge in [0.05, 0.1) is 11.1 Å². The summed E-state index contributed by atoms with van der Waals surface area (Å²) < 4.78 is 0. The maximum absolute atomic E-state index is 12.3. The maximum atomic E-state index is 12.3. The van der Waals surface area contributed by atoms with Crippen LogP contribution in [0.3, 0.4) is 0 Å². The molecule has 2 aromatic carbocycles. The van der Waals surface area contributed by atoms with Crippen LogP contribution in [0.4, 0.5) is 0 Å². The fraction of sp³-hybridized carbons (Fsp3) is 0.407. The van der Waals surface area contributed by atoms with E-state index < -0.39 is 17.4 Å². The minimum absolute atomic E-state index is 0.261. The molecule has 0 aliphatic heterocycles. The van der Waals surface area contributed by atoms with Crippen molar-refractivity contribution in [1.29, 1.82) is 0 Å². The minimum Gasteiger partial charge on any atom is -0.289 e. The Labute approximate surface area is 197 Å². The standard InChI is InChI=1S/C27H34O6/c1-6-8-10-20-12-16-22(17-13-20)24(28)30-32-26(27(3,4)5)33-31-25(29)23-18-14-21(15-19-23)11-9-7-2/h12-19H,3,6-11H2,1-2,4-5H3. The van der Waals surface area contributed by atoms with E-state index in [1.54, 1.807) is 38.1 Å². The summed E-state index contributed by atoms with van der Waals surface area (Å²) in [4.78, 5) is 44.6. The van der Waals surface area contributed by atoms with E-state index in [9.17, 15) is 9.59 Å². The van der Waals surface area contributed by atoms with E-state index in [0.717, 1.165) is 49.7 Å². The Balaban J connectivity index is 1.90. The van der Waals surface area contributed by atoms with Crippen LogP contribution < -0.4 is 0 Å². The van der Waals surface area contributed by atoms with Gasteiger partial charge in [-0.1, -0.05) is 64.8 Å². The number of hydrogen-bond donors (Lipinski definition) is 0. The molecule has 0 aliphatic carbocycles. The zero-order chi connectivity index (χ0) is 24.3. The molecule has 2 rings (SSSR count). The number of unbranched alkanes of at least 4 members (excludes halogenated alkanes) is 2. The van der Waals surface area contributed by atoms with Crippen LogP contribution in [0.1, 0.15) is 85.2 Å². The summed E-state index contributed by atoms with van der Waals surface area (Å²) in [6.07, 6.45) is 6.03. The molecule has 6 heteroatoms. The topological polar surface area (TPSA) is 71.1 Å². The summed E-state index contributed by atoms with van der Waals surface area (Å²) in [5.41, 5.74) is 1.99. The third-order valence-corrected chi connectivity index (χ3v) is 4.96. The lowest BCUT2D eigenvalue weighted by Crippen LogP contribution is -2.27. The SMILES string of the molecule is [CH2]C(C)(C)[C](OOC(=O)c1ccc(CCCC)cc1)OOC(=O)c1ccc(CCCC)cc1. The first-order valence-corrected chi connectivity index (χ1v) is 11.4. The fourth-order valence-corrected chi connectivity index (χ4v) is 2.86. The van der Waals surface area contributed by atoms with E-state index in [-0.39, 0.29) is 6.29 Å². The van der Waals surface area contributed by atoms with Gasteiger partial charge >= 0.3 is 18.2 Å². The Morgan fingerprint density at radius 2 is 1.06 bits per heavy atom. The second kappa shape index (κ2) is 13.1. The Morgan fingerprint density at radius 3 is 1.36 bits per heavy atom. The van der Waals surface area contributed by atoms with Crippen LogP contribution in [0.5, 0.6) is 0 Å². The van der Waals surface area contributed by atoms with E-state index in [0.29, 0.717) is 11.1 Å². The monoisotopic (exact) mass is 454 g/mol. The summed E-state index contributed by atoms with van der Waals surface area (Å²) in [6.45, 7) is 11.5. The summed E-state index contributed by atoms with van der Waals surface area (Å²) >= 11 is 0.